The predicted octanol–water partition coefficient (Wildman–Crippen LogP) is 3.60. The van der Waals surface area contributed by atoms with E-state index in [0.29, 0.717) is 24.9 Å². The molecule has 1 amide bonds. The van der Waals surface area contributed by atoms with E-state index in [4.69, 9.17) is 4.74 Å². The highest BCUT2D eigenvalue weighted by Crippen LogP contribution is 2.27. The molecular weight excluding hydrogens is 340 g/mol. The highest BCUT2D eigenvalue weighted by Gasteiger charge is 2.27. The van der Waals surface area contributed by atoms with Crippen molar-refractivity contribution in [3.8, 4) is 0 Å². The molecule has 0 bridgehead atoms. The van der Waals surface area contributed by atoms with Crippen molar-refractivity contribution in [3.63, 3.8) is 0 Å². The summed E-state index contributed by atoms with van der Waals surface area (Å²) in [5, 5.41) is 8.40. The Morgan fingerprint density at radius 1 is 1.07 bits per heavy atom. The lowest BCUT2D eigenvalue weighted by Gasteiger charge is -2.32. The van der Waals surface area contributed by atoms with E-state index in [1.165, 1.54) is 19.3 Å². The van der Waals surface area contributed by atoms with E-state index in [1.807, 2.05) is 34.0 Å². The largest absolute Gasteiger partial charge is 0.372 e. The maximum Gasteiger partial charge on any atom is 0.276 e. The zero-order valence-corrected chi connectivity index (χ0v) is 15.8. The Hall–Kier alpha value is -2.21. The molecule has 1 saturated carbocycles. The number of amides is 1. The first-order valence-electron chi connectivity index (χ1n) is 10.2. The first-order valence-corrected chi connectivity index (χ1v) is 10.2. The molecule has 1 aromatic carbocycles. The van der Waals surface area contributed by atoms with Crippen molar-refractivity contribution in [1.29, 1.82) is 0 Å². The van der Waals surface area contributed by atoms with Gasteiger partial charge in [0.15, 0.2) is 5.69 Å². The quantitative estimate of drug-likeness (QED) is 0.809. The van der Waals surface area contributed by atoms with E-state index >= 15 is 0 Å². The Morgan fingerprint density at radius 3 is 2.70 bits per heavy atom. The lowest BCUT2D eigenvalue weighted by molar-refractivity contribution is -0.00689. The minimum atomic E-state index is -0.0231. The summed E-state index contributed by atoms with van der Waals surface area (Å²) in [7, 11) is 0. The highest BCUT2D eigenvalue weighted by atomic mass is 16.5. The van der Waals surface area contributed by atoms with Gasteiger partial charge < -0.3 is 9.64 Å². The monoisotopic (exact) mass is 368 g/mol. The molecule has 2 fully saturated rings. The Bertz CT molecular complexity index is 740. The van der Waals surface area contributed by atoms with E-state index in [2.05, 4.69) is 22.4 Å². The van der Waals surface area contributed by atoms with Crippen LogP contribution < -0.4 is 0 Å². The fraction of sp³-hybridized carbons (Fsp3) is 0.571. The minimum absolute atomic E-state index is 0.0231. The number of ether oxygens (including phenoxy) is 1. The molecule has 0 N–H and O–H groups in total. The molecule has 6 nitrogen and oxygen atoms in total. The standard InChI is InChI=1S/C21H28N4O2/c26-21(20-15-25(23-22-20)18-10-5-2-6-11-18)24-13-7-12-19(14-24)27-16-17-8-3-1-4-9-17/h1,3-4,8-9,15,18-19H,2,5-7,10-14,16H2. The molecule has 27 heavy (non-hydrogen) atoms. The molecular formula is C21H28N4O2. The fourth-order valence-corrected chi connectivity index (χ4v) is 4.11. The minimum Gasteiger partial charge on any atom is -0.372 e. The van der Waals surface area contributed by atoms with E-state index in [-0.39, 0.29) is 12.0 Å². The van der Waals surface area contributed by atoms with Gasteiger partial charge in [0.25, 0.3) is 5.91 Å². The van der Waals surface area contributed by atoms with Crippen LogP contribution in [0, 0.1) is 0 Å². The molecule has 1 saturated heterocycles. The Balaban J connectivity index is 1.33. The van der Waals surface area contributed by atoms with Gasteiger partial charge in [-0.3, -0.25) is 4.79 Å². The third-order valence-electron chi connectivity index (χ3n) is 5.67. The Labute approximate surface area is 160 Å². The summed E-state index contributed by atoms with van der Waals surface area (Å²) in [5.41, 5.74) is 1.63. The molecule has 2 aromatic rings. The maximum atomic E-state index is 12.9. The molecule has 1 atom stereocenters. The number of rotatable bonds is 5. The van der Waals surface area contributed by atoms with Crippen molar-refractivity contribution in [2.75, 3.05) is 13.1 Å². The van der Waals surface area contributed by atoms with Crippen LogP contribution in [0.3, 0.4) is 0 Å². The van der Waals surface area contributed by atoms with Crippen molar-refractivity contribution < 1.29 is 9.53 Å². The van der Waals surface area contributed by atoms with Gasteiger partial charge in [-0.15, -0.1) is 5.10 Å². The topological polar surface area (TPSA) is 60.2 Å². The van der Waals surface area contributed by atoms with Crippen LogP contribution in [0.2, 0.25) is 0 Å². The highest BCUT2D eigenvalue weighted by molar-refractivity contribution is 5.92. The van der Waals surface area contributed by atoms with Gasteiger partial charge in [-0.2, -0.15) is 0 Å². The molecule has 1 unspecified atom stereocenters. The average molecular weight is 368 g/mol. The zero-order valence-electron chi connectivity index (χ0n) is 15.8. The second-order valence-corrected chi connectivity index (χ2v) is 7.69. The fourth-order valence-electron chi connectivity index (χ4n) is 4.11. The van der Waals surface area contributed by atoms with E-state index in [9.17, 15) is 4.79 Å². The first kappa shape index (κ1) is 18.2. The molecule has 0 radical (unpaired) electrons. The van der Waals surface area contributed by atoms with Crippen LogP contribution in [0.1, 0.15) is 67.0 Å². The molecule has 2 aliphatic rings. The summed E-state index contributed by atoms with van der Waals surface area (Å²) >= 11 is 0. The van der Waals surface area contributed by atoms with Crippen LogP contribution >= 0.6 is 0 Å². The summed E-state index contributed by atoms with van der Waals surface area (Å²) in [4.78, 5) is 14.7. The van der Waals surface area contributed by atoms with Crippen LogP contribution in [-0.4, -0.2) is 45.0 Å². The first-order chi connectivity index (χ1) is 13.3. The molecule has 2 heterocycles. The SMILES string of the molecule is O=C(c1cn(C2CCCCC2)nn1)N1CCCC(OCc2ccccc2)C1. The number of hydrogen-bond donors (Lipinski definition) is 0. The predicted molar refractivity (Wildman–Crippen MR) is 102 cm³/mol. The summed E-state index contributed by atoms with van der Waals surface area (Å²) < 4.78 is 7.95. The summed E-state index contributed by atoms with van der Waals surface area (Å²) in [6, 6.07) is 10.6. The number of piperidine rings is 1. The maximum absolute atomic E-state index is 12.9. The van der Waals surface area contributed by atoms with Gasteiger partial charge in [-0.25, -0.2) is 4.68 Å². The van der Waals surface area contributed by atoms with Crippen LogP contribution in [0.4, 0.5) is 0 Å². The number of carbonyl (C=O) groups is 1. The van der Waals surface area contributed by atoms with Gasteiger partial charge in [-0.05, 0) is 31.2 Å². The van der Waals surface area contributed by atoms with E-state index in [1.54, 1.807) is 0 Å². The average Bonchev–Trinajstić information content (AvgIpc) is 3.24. The van der Waals surface area contributed by atoms with Crippen molar-refractivity contribution >= 4 is 5.91 Å². The van der Waals surface area contributed by atoms with Crippen molar-refractivity contribution in [2.24, 2.45) is 0 Å². The summed E-state index contributed by atoms with van der Waals surface area (Å²) in [6.45, 7) is 1.98. The van der Waals surface area contributed by atoms with Crippen LogP contribution in [-0.2, 0) is 11.3 Å². The summed E-state index contributed by atoms with van der Waals surface area (Å²) in [6.07, 6.45) is 9.92. The summed E-state index contributed by atoms with van der Waals surface area (Å²) in [5.74, 6) is -0.0231. The molecule has 1 aromatic heterocycles. The van der Waals surface area contributed by atoms with Gasteiger partial charge in [-0.1, -0.05) is 54.8 Å². The lowest BCUT2D eigenvalue weighted by atomic mass is 9.96. The van der Waals surface area contributed by atoms with Crippen molar-refractivity contribution in [3.05, 3.63) is 47.8 Å². The van der Waals surface area contributed by atoms with Crippen LogP contribution in [0.25, 0.3) is 0 Å². The molecule has 1 aliphatic carbocycles. The number of nitrogens with zero attached hydrogens (tertiary/aromatic N) is 4. The zero-order chi connectivity index (χ0) is 18.5. The van der Waals surface area contributed by atoms with Gasteiger partial charge in [0.05, 0.1) is 24.9 Å². The van der Waals surface area contributed by atoms with Crippen LogP contribution in [0.15, 0.2) is 36.5 Å². The van der Waals surface area contributed by atoms with Crippen LogP contribution in [0.5, 0.6) is 0 Å². The normalized spacial score (nSPS) is 21.3. The van der Waals surface area contributed by atoms with Gasteiger partial charge in [0.2, 0.25) is 0 Å². The molecule has 4 rings (SSSR count). The molecule has 0 spiro atoms. The number of hydrogen-bond acceptors (Lipinski definition) is 4. The molecule has 1 aliphatic heterocycles. The Kier molecular flexibility index (Phi) is 5.82. The van der Waals surface area contributed by atoms with E-state index < -0.39 is 0 Å². The second kappa shape index (κ2) is 8.65. The van der Waals surface area contributed by atoms with Gasteiger partial charge in [0, 0.05) is 13.1 Å². The number of aromatic nitrogens is 3. The second-order valence-electron chi connectivity index (χ2n) is 7.69. The number of likely N-dealkylation sites (tertiary alicyclic amines) is 1. The third kappa shape index (κ3) is 4.56. The number of benzene rings is 1. The smallest absolute Gasteiger partial charge is 0.276 e. The van der Waals surface area contributed by atoms with E-state index in [0.717, 1.165) is 37.8 Å². The van der Waals surface area contributed by atoms with Gasteiger partial charge in [0.1, 0.15) is 0 Å². The molecule has 144 valence electrons. The third-order valence-corrected chi connectivity index (χ3v) is 5.67. The lowest BCUT2D eigenvalue weighted by Crippen LogP contribution is -2.43. The Morgan fingerprint density at radius 2 is 1.89 bits per heavy atom. The number of carbonyl (C=O) groups excluding carboxylic acids is 1. The molecule has 6 heteroatoms. The van der Waals surface area contributed by atoms with Crippen molar-refractivity contribution in [1.82, 2.24) is 19.9 Å². The van der Waals surface area contributed by atoms with Crippen molar-refractivity contribution in [2.45, 2.75) is 63.7 Å². The van der Waals surface area contributed by atoms with Gasteiger partial charge >= 0.3 is 0 Å².